The summed E-state index contributed by atoms with van der Waals surface area (Å²) in [5.41, 5.74) is 9.75. The van der Waals surface area contributed by atoms with Crippen LogP contribution < -0.4 is 5.32 Å². The van der Waals surface area contributed by atoms with Gasteiger partial charge in [0, 0.05) is 11.4 Å². The molecular formula is C30H25N. The molecule has 0 aliphatic heterocycles. The second kappa shape index (κ2) is 8.12. The van der Waals surface area contributed by atoms with E-state index in [1.807, 2.05) is 0 Å². The zero-order chi connectivity index (χ0) is 21.2. The van der Waals surface area contributed by atoms with Crippen molar-refractivity contribution in [3.63, 3.8) is 0 Å². The van der Waals surface area contributed by atoms with E-state index < -0.39 is 0 Å². The normalized spacial score (nSPS) is 10.9. The molecule has 1 nitrogen and oxygen atoms in total. The lowest BCUT2D eigenvalue weighted by Crippen LogP contribution is -1.93. The third-order valence-electron chi connectivity index (χ3n) is 5.86. The maximum Gasteiger partial charge on any atom is 0.0414 e. The van der Waals surface area contributed by atoms with Crippen molar-refractivity contribution in [1.29, 1.82) is 0 Å². The van der Waals surface area contributed by atoms with Crippen LogP contribution in [0.25, 0.3) is 33.0 Å². The summed E-state index contributed by atoms with van der Waals surface area (Å²) in [6.45, 7) is 4.26. The molecule has 0 unspecified atom stereocenters. The first-order chi connectivity index (χ1) is 15.2. The number of hydrogen-bond acceptors (Lipinski definition) is 1. The summed E-state index contributed by atoms with van der Waals surface area (Å²) in [5.74, 6) is 0. The topological polar surface area (TPSA) is 12.0 Å². The molecule has 0 atom stereocenters. The quantitative estimate of drug-likeness (QED) is 0.319. The Kier molecular flexibility index (Phi) is 5.01. The average molecular weight is 400 g/mol. The number of hydrogen-bond donors (Lipinski definition) is 1. The van der Waals surface area contributed by atoms with Gasteiger partial charge < -0.3 is 5.32 Å². The number of nitrogens with one attached hydrogen (secondary N) is 1. The van der Waals surface area contributed by atoms with E-state index in [1.54, 1.807) is 0 Å². The molecule has 150 valence electrons. The zero-order valence-corrected chi connectivity index (χ0v) is 17.9. The summed E-state index contributed by atoms with van der Waals surface area (Å²) >= 11 is 0. The molecule has 0 spiro atoms. The van der Waals surface area contributed by atoms with Gasteiger partial charge in [-0.2, -0.15) is 0 Å². The van der Waals surface area contributed by atoms with Crippen molar-refractivity contribution in [1.82, 2.24) is 0 Å². The molecular weight excluding hydrogens is 374 g/mol. The molecule has 1 heteroatoms. The predicted molar refractivity (Wildman–Crippen MR) is 134 cm³/mol. The van der Waals surface area contributed by atoms with Gasteiger partial charge in [-0.15, -0.1) is 0 Å². The number of benzene rings is 5. The Balaban J connectivity index is 1.38. The van der Waals surface area contributed by atoms with Gasteiger partial charge in [-0.25, -0.2) is 0 Å². The molecule has 0 saturated carbocycles. The van der Waals surface area contributed by atoms with E-state index in [-0.39, 0.29) is 0 Å². The Bertz CT molecular complexity index is 1340. The van der Waals surface area contributed by atoms with Crippen LogP contribution in [0, 0.1) is 13.8 Å². The lowest BCUT2D eigenvalue weighted by molar-refractivity contribution is 1.37. The highest BCUT2D eigenvalue weighted by molar-refractivity contribution is 5.96. The Morgan fingerprint density at radius 3 is 1.94 bits per heavy atom. The van der Waals surface area contributed by atoms with Gasteiger partial charge in [0.05, 0.1) is 0 Å². The van der Waals surface area contributed by atoms with Crippen LogP contribution in [-0.2, 0) is 0 Å². The Labute approximate surface area is 184 Å². The van der Waals surface area contributed by atoms with Crippen LogP contribution in [0.4, 0.5) is 11.4 Å². The Morgan fingerprint density at radius 1 is 0.548 bits per heavy atom. The molecule has 1 N–H and O–H groups in total. The van der Waals surface area contributed by atoms with Crippen molar-refractivity contribution in [3.05, 3.63) is 120 Å². The molecule has 31 heavy (non-hydrogen) atoms. The van der Waals surface area contributed by atoms with Crippen LogP contribution >= 0.6 is 0 Å². The monoisotopic (exact) mass is 399 g/mol. The number of aryl methyl sites for hydroxylation is 2. The molecule has 5 rings (SSSR count). The van der Waals surface area contributed by atoms with E-state index in [1.165, 1.54) is 44.2 Å². The van der Waals surface area contributed by atoms with Gasteiger partial charge in [-0.05, 0) is 70.6 Å². The molecule has 0 fully saturated rings. The van der Waals surface area contributed by atoms with Gasteiger partial charge in [0.25, 0.3) is 0 Å². The molecule has 0 radical (unpaired) electrons. The average Bonchev–Trinajstić information content (AvgIpc) is 2.81. The molecule has 0 aliphatic rings. The van der Waals surface area contributed by atoms with Crippen molar-refractivity contribution in [3.8, 4) is 22.3 Å². The molecule has 0 aliphatic carbocycles. The first-order valence-electron chi connectivity index (χ1n) is 10.7. The summed E-state index contributed by atoms with van der Waals surface area (Å²) < 4.78 is 0. The third-order valence-corrected chi connectivity index (χ3v) is 5.86. The largest absolute Gasteiger partial charge is 0.355 e. The maximum atomic E-state index is 3.53. The van der Waals surface area contributed by atoms with E-state index in [9.17, 15) is 0 Å². The van der Waals surface area contributed by atoms with Crippen LogP contribution in [0.3, 0.4) is 0 Å². The highest BCUT2D eigenvalue weighted by Crippen LogP contribution is 2.31. The SMILES string of the molecule is Cc1ccc(Nc2ccc(-c3ccc(-c4cccc5ccccc45)cc3)cc2)c(C)c1. The second-order valence-electron chi connectivity index (χ2n) is 8.12. The molecule has 5 aromatic carbocycles. The fraction of sp³-hybridized carbons (Fsp3) is 0.0667. The summed E-state index contributed by atoms with van der Waals surface area (Å²) in [6.07, 6.45) is 0. The smallest absolute Gasteiger partial charge is 0.0414 e. The molecule has 0 amide bonds. The fourth-order valence-electron chi connectivity index (χ4n) is 4.17. The van der Waals surface area contributed by atoms with E-state index in [0.29, 0.717) is 0 Å². The lowest BCUT2D eigenvalue weighted by Gasteiger charge is -2.11. The number of fused-ring (bicyclic) bond motifs is 1. The lowest BCUT2D eigenvalue weighted by atomic mass is 9.96. The third kappa shape index (κ3) is 3.95. The molecule has 0 bridgehead atoms. The minimum atomic E-state index is 1.10. The first kappa shape index (κ1) is 19.1. The van der Waals surface area contributed by atoms with Crippen molar-refractivity contribution in [2.45, 2.75) is 13.8 Å². The minimum Gasteiger partial charge on any atom is -0.355 e. The van der Waals surface area contributed by atoms with Crippen LogP contribution in [-0.4, -0.2) is 0 Å². The van der Waals surface area contributed by atoms with Crippen LogP contribution in [0.2, 0.25) is 0 Å². The number of anilines is 2. The van der Waals surface area contributed by atoms with Gasteiger partial charge in [0.1, 0.15) is 0 Å². The maximum absolute atomic E-state index is 3.53. The molecule has 0 aromatic heterocycles. The summed E-state index contributed by atoms with van der Waals surface area (Å²) in [5, 5.41) is 6.09. The Hall–Kier alpha value is -3.84. The van der Waals surface area contributed by atoms with Crippen molar-refractivity contribution >= 4 is 22.1 Å². The summed E-state index contributed by atoms with van der Waals surface area (Å²) in [7, 11) is 0. The van der Waals surface area contributed by atoms with Crippen molar-refractivity contribution < 1.29 is 0 Å². The highest BCUT2D eigenvalue weighted by Gasteiger charge is 2.05. The fourth-order valence-corrected chi connectivity index (χ4v) is 4.17. The van der Waals surface area contributed by atoms with E-state index >= 15 is 0 Å². The van der Waals surface area contributed by atoms with Gasteiger partial charge in [0.2, 0.25) is 0 Å². The molecule has 0 saturated heterocycles. The van der Waals surface area contributed by atoms with Gasteiger partial charge in [0.15, 0.2) is 0 Å². The molecule has 0 heterocycles. The Morgan fingerprint density at radius 2 is 1.19 bits per heavy atom. The van der Waals surface area contributed by atoms with Crippen molar-refractivity contribution in [2.24, 2.45) is 0 Å². The highest BCUT2D eigenvalue weighted by atomic mass is 14.9. The van der Waals surface area contributed by atoms with Crippen LogP contribution in [0.5, 0.6) is 0 Å². The second-order valence-corrected chi connectivity index (χ2v) is 8.12. The van der Waals surface area contributed by atoms with Crippen LogP contribution in [0.1, 0.15) is 11.1 Å². The number of rotatable bonds is 4. The van der Waals surface area contributed by atoms with E-state index in [4.69, 9.17) is 0 Å². The van der Waals surface area contributed by atoms with Gasteiger partial charge in [-0.3, -0.25) is 0 Å². The zero-order valence-electron chi connectivity index (χ0n) is 17.9. The van der Waals surface area contributed by atoms with E-state index in [0.717, 1.165) is 11.4 Å². The minimum absolute atomic E-state index is 1.10. The van der Waals surface area contributed by atoms with Crippen molar-refractivity contribution in [2.75, 3.05) is 5.32 Å². The first-order valence-corrected chi connectivity index (χ1v) is 10.7. The van der Waals surface area contributed by atoms with Crippen LogP contribution in [0.15, 0.2) is 109 Å². The van der Waals surface area contributed by atoms with Gasteiger partial charge in [-0.1, -0.05) is 96.6 Å². The molecule has 5 aromatic rings. The standard InChI is InChI=1S/C30H25N/c1-21-10-19-30(22(2)20-21)31-27-17-15-24(16-18-27)23-11-13-26(14-12-23)29-9-5-7-25-6-3-4-8-28(25)29/h3-20,31H,1-2H3. The predicted octanol–water partition coefficient (Wildman–Crippen LogP) is 8.53. The summed E-state index contributed by atoms with van der Waals surface area (Å²) in [4.78, 5) is 0. The summed E-state index contributed by atoms with van der Waals surface area (Å²) in [6, 6.07) is 39.1. The van der Waals surface area contributed by atoms with Gasteiger partial charge >= 0.3 is 0 Å². The van der Waals surface area contributed by atoms with E-state index in [2.05, 4.69) is 128 Å².